The largest absolute Gasteiger partial charge is 0.496 e. The maximum atomic E-state index is 14.3. The Kier molecular flexibility index (Phi) is 35.7. The minimum absolute atomic E-state index is 0. The van der Waals surface area contributed by atoms with Crippen molar-refractivity contribution in [3.63, 3.8) is 0 Å². The van der Waals surface area contributed by atoms with E-state index in [0.717, 1.165) is 145 Å². The van der Waals surface area contributed by atoms with E-state index >= 15 is 0 Å². The van der Waals surface area contributed by atoms with Crippen molar-refractivity contribution in [3.05, 3.63) is 117 Å². The maximum Gasteiger partial charge on any atom is 0.257 e. The number of aryl methyl sites for hydroxylation is 4. The molecule has 0 N–H and O–H groups in total. The molecule has 98 heavy (non-hydrogen) atoms. The third-order valence-electron chi connectivity index (χ3n) is 20.1. The molecule has 6 aliphatic rings. The van der Waals surface area contributed by atoms with Gasteiger partial charge in [0.05, 0.1) is 39.6 Å². The van der Waals surface area contributed by atoms with Crippen LogP contribution in [0.3, 0.4) is 0 Å². The lowest BCUT2D eigenvalue weighted by Gasteiger charge is -2.43. The number of nitrogens with zero attached hydrogens (tertiary/aromatic N) is 10. The Morgan fingerprint density at radius 1 is 0.337 bits per heavy atom. The zero-order chi connectivity index (χ0) is 68.5. The van der Waals surface area contributed by atoms with Crippen LogP contribution < -0.4 is 18.9 Å². The van der Waals surface area contributed by atoms with Gasteiger partial charge in [-0.3, -0.25) is 48.6 Å². The Morgan fingerprint density at radius 3 is 0.857 bits per heavy atom. The van der Waals surface area contributed by atoms with Gasteiger partial charge in [-0.1, -0.05) is 41.8 Å². The normalized spacial score (nSPS) is 17.9. The third-order valence-corrected chi connectivity index (χ3v) is 20.1. The summed E-state index contributed by atoms with van der Waals surface area (Å²) in [6.45, 7) is 43.8. The summed E-state index contributed by atoms with van der Waals surface area (Å²) >= 11 is 0. The fourth-order valence-corrected chi connectivity index (χ4v) is 13.7. The van der Waals surface area contributed by atoms with Crippen LogP contribution in [0.5, 0.6) is 23.0 Å². The number of methoxy groups -OCH3 is 4. The smallest absolute Gasteiger partial charge is 0.257 e. The van der Waals surface area contributed by atoms with E-state index in [1.165, 1.54) is 44.5 Å². The second kappa shape index (κ2) is 40.7. The zero-order valence-electron chi connectivity index (χ0n) is 59.7. The number of piperidine rings is 2. The quantitative estimate of drug-likeness (QED) is 0.118. The van der Waals surface area contributed by atoms with E-state index in [-0.39, 0.29) is 64.5 Å². The fourth-order valence-electron chi connectivity index (χ4n) is 13.7. The van der Waals surface area contributed by atoms with E-state index in [2.05, 4.69) is 84.8 Å². The first-order valence-electron chi connectivity index (χ1n) is 34.4. The van der Waals surface area contributed by atoms with Gasteiger partial charge in [0.15, 0.2) is 0 Å². The van der Waals surface area contributed by atoms with Crippen LogP contribution in [-0.4, -0.2) is 268 Å². The molecule has 4 aromatic rings. The molecule has 20 heteroatoms. The van der Waals surface area contributed by atoms with E-state index in [4.69, 9.17) is 18.9 Å². The van der Waals surface area contributed by atoms with Crippen molar-refractivity contribution < 1.29 is 46.9 Å². The van der Waals surface area contributed by atoms with E-state index in [1.54, 1.807) is 45.0 Å². The van der Waals surface area contributed by atoms with Crippen LogP contribution in [0.15, 0.2) is 60.7 Å². The zero-order valence-corrected chi connectivity index (χ0v) is 59.7. The van der Waals surface area contributed by atoms with Crippen LogP contribution in [0, 0.1) is 39.3 Å². The second-order valence-corrected chi connectivity index (χ2v) is 27.2. The van der Waals surface area contributed by atoms with E-state index < -0.39 is 11.6 Å². The van der Waals surface area contributed by atoms with Gasteiger partial charge in [0.2, 0.25) is 0 Å². The number of benzene rings is 4. The molecule has 0 radical (unpaired) electrons. The van der Waals surface area contributed by atoms with Gasteiger partial charge in [0.1, 0.15) is 34.6 Å². The molecular formula is C78H128F2N10O8. The van der Waals surface area contributed by atoms with E-state index in [1.807, 2.05) is 60.0 Å². The first-order valence-corrected chi connectivity index (χ1v) is 34.4. The lowest BCUT2D eigenvalue weighted by molar-refractivity contribution is 0.0416. The molecule has 10 rings (SSSR count). The Bertz CT molecular complexity index is 3100. The number of carbonyl (C=O) groups excluding carboxylic acids is 4. The monoisotopic (exact) mass is 1370 g/mol. The first kappa shape index (κ1) is 85.8. The molecule has 6 aliphatic heterocycles. The lowest BCUT2D eigenvalue weighted by Crippen LogP contribution is -2.54. The Hall–Kier alpha value is -6.42. The molecule has 18 nitrogen and oxygen atoms in total. The predicted molar refractivity (Wildman–Crippen MR) is 397 cm³/mol. The molecule has 0 aromatic heterocycles. The predicted octanol–water partition coefficient (Wildman–Crippen LogP) is 12.4. The summed E-state index contributed by atoms with van der Waals surface area (Å²) < 4.78 is 49.5. The summed E-state index contributed by atoms with van der Waals surface area (Å²) in [7, 11) is 6.36. The fraction of sp³-hybridized carbons (Fsp3) is 0.641. The Balaban J connectivity index is 0.000000338. The van der Waals surface area contributed by atoms with Crippen molar-refractivity contribution >= 4 is 23.6 Å². The number of carbonyl (C=O) groups is 4. The number of rotatable bonds is 14. The average Bonchev–Trinajstić information content (AvgIpc) is 0.831. The standard InChI is InChI=1S/C21H32FN3O2.C21H33N3O2.C16H23FN2O2.C16H24N2O2.4CH4/c1-15(2)23-9-11-24(12-10-23)17-5-7-25(8-6-17)21(26)18-14-20(27-4)16(3)13-19(18)22;1-16(2)22-11-13-23(14-12-22)19-7-9-24(10-8-19)21(25)18-6-5-17(3)20(15-18)26-4;1-11(2)18-5-7-19(8-6-18)16(20)13-10-15(21-4)12(3)9-14(13)17;1-12(2)17-7-9-18(10-8-17)16(19)14-6-5-13(3)15(11-14)20-4;;;;/h13-15,17H,5-12H2,1-4H3;5-6,15-16,19H,7-14H2,1-4H3;9-11H,5-8H2,1-4H3;5-6,11-12H,7-10H2,1-4H3;4*1H4. The van der Waals surface area contributed by atoms with Gasteiger partial charge in [0.25, 0.3) is 23.6 Å². The highest BCUT2D eigenvalue weighted by Gasteiger charge is 2.34. The molecule has 6 saturated heterocycles. The molecule has 552 valence electrons. The molecule has 6 fully saturated rings. The lowest BCUT2D eigenvalue weighted by atomic mass is 10.0. The molecule has 0 bridgehead atoms. The summed E-state index contributed by atoms with van der Waals surface area (Å²) in [6, 6.07) is 20.6. The molecule has 0 saturated carbocycles. The SMILES string of the molecule is C.C.C.C.COc1cc(C(=O)N2CCC(N3CCN(C(C)C)CC3)CC2)c(F)cc1C.COc1cc(C(=O)N2CCC(N3CCN(C(C)C)CC3)CC2)ccc1C.COc1cc(C(=O)N2CCN(C(C)C)CC2)c(F)cc1C.COc1cc(C(=O)N2CCN(C(C)C)CC2)ccc1C. The van der Waals surface area contributed by atoms with Crippen molar-refractivity contribution in [2.75, 3.05) is 159 Å². The van der Waals surface area contributed by atoms with Crippen LogP contribution in [0.2, 0.25) is 0 Å². The highest BCUT2D eigenvalue weighted by Crippen LogP contribution is 2.29. The van der Waals surface area contributed by atoms with Crippen molar-refractivity contribution in [3.8, 4) is 23.0 Å². The number of ether oxygens (including phenoxy) is 4. The number of hydrogen-bond donors (Lipinski definition) is 0. The average molecular weight is 1370 g/mol. The number of likely N-dealkylation sites (tertiary alicyclic amines) is 2. The summed E-state index contributed by atoms with van der Waals surface area (Å²) in [4.78, 5) is 73.1. The van der Waals surface area contributed by atoms with E-state index in [0.29, 0.717) is 90.6 Å². The van der Waals surface area contributed by atoms with Gasteiger partial charge in [-0.25, -0.2) is 8.78 Å². The number of piperazine rings is 4. The van der Waals surface area contributed by atoms with Gasteiger partial charge in [0, 0.05) is 178 Å². The van der Waals surface area contributed by atoms with Crippen LogP contribution in [0.4, 0.5) is 8.78 Å². The number of amides is 4. The number of hydrogen-bond acceptors (Lipinski definition) is 14. The molecule has 0 atom stereocenters. The van der Waals surface area contributed by atoms with Crippen LogP contribution in [0.25, 0.3) is 0 Å². The molecule has 4 aromatic carbocycles. The highest BCUT2D eigenvalue weighted by atomic mass is 19.1. The minimum Gasteiger partial charge on any atom is -0.496 e. The van der Waals surface area contributed by atoms with Crippen molar-refractivity contribution in [2.45, 2.75) is 175 Å². The molecule has 0 spiro atoms. The molecule has 0 aliphatic carbocycles. The summed E-state index contributed by atoms with van der Waals surface area (Å²) in [6.07, 6.45) is 4.07. The minimum atomic E-state index is -0.482. The van der Waals surface area contributed by atoms with Gasteiger partial charge < -0.3 is 38.5 Å². The highest BCUT2D eigenvalue weighted by molar-refractivity contribution is 5.97. The van der Waals surface area contributed by atoms with Gasteiger partial charge in [-0.2, -0.15) is 0 Å². The van der Waals surface area contributed by atoms with E-state index in [9.17, 15) is 28.0 Å². The molecule has 0 unspecified atom stereocenters. The van der Waals surface area contributed by atoms with Crippen LogP contribution in [-0.2, 0) is 0 Å². The topological polar surface area (TPSA) is 138 Å². The first-order chi connectivity index (χ1) is 44.9. The van der Waals surface area contributed by atoms with Gasteiger partial charge in [-0.15, -0.1) is 0 Å². The van der Waals surface area contributed by atoms with Crippen LogP contribution >= 0.6 is 0 Å². The second-order valence-electron chi connectivity index (χ2n) is 27.2. The van der Waals surface area contributed by atoms with Gasteiger partial charge in [-0.05, 0) is 180 Å². The Morgan fingerprint density at radius 2 is 0.582 bits per heavy atom. The van der Waals surface area contributed by atoms with Gasteiger partial charge >= 0.3 is 0 Å². The Labute approximate surface area is 590 Å². The molecule has 4 amide bonds. The third kappa shape index (κ3) is 22.8. The molecule has 6 heterocycles. The van der Waals surface area contributed by atoms with Crippen LogP contribution in [0.1, 0.15) is 174 Å². The summed E-state index contributed by atoms with van der Waals surface area (Å²) in [5.74, 6) is 1.46. The summed E-state index contributed by atoms with van der Waals surface area (Å²) in [5.41, 5.74) is 5.15. The maximum absolute atomic E-state index is 14.3. The molecular weight excluding hydrogens is 1240 g/mol. The van der Waals surface area contributed by atoms with Crippen molar-refractivity contribution in [2.24, 2.45) is 0 Å². The summed E-state index contributed by atoms with van der Waals surface area (Å²) in [5, 5.41) is 0. The number of halogens is 2. The van der Waals surface area contributed by atoms with Crippen molar-refractivity contribution in [1.29, 1.82) is 0 Å². The van der Waals surface area contributed by atoms with Crippen molar-refractivity contribution in [1.82, 2.24) is 49.0 Å².